The van der Waals surface area contributed by atoms with Crippen LogP contribution in [-0.2, 0) is 16.0 Å². The standard InChI is InChI=1S/C20H21N3O4/c21-18(25)12-13-7-9-14(10-8-13)22-19(26)16-5-3-11-23(16)20(27)15-4-1-2-6-17(15)24/h1-2,4,6-10,16,24H,3,5,11-12H2,(H2,21,25)(H,22,26)/t16-/m1/s1. The first-order valence-electron chi connectivity index (χ1n) is 8.73. The SMILES string of the molecule is NC(=O)Cc1ccc(NC(=O)[C@H]2CCCN2C(=O)c2ccccc2O)cc1. The number of hydrogen-bond acceptors (Lipinski definition) is 4. The lowest BCUT2D eigenvalue weighted by Gasteiger charge is -2.24. The molecule has 0 bridgehead atoms. The summed E-state index contributed by atoms with van der Waals surface area (Å²) in [6.07, 6.45) is 1.42. The van der Waals surface area contributed by atoms with Gasteiger partial charge in [0.05, 0.1) is 12.0 Å². The minimum absolute atomic E-state index is 0.0985. The van der Waals surface area contributed by atoms with Crippen LogP contribution in [0.25, 0.3) is 0 Å². The number of aromatic hydroxyl groups is 1. The van der Waals surface area contributed by atoms with Gasteiger partial charge in [0.2, 0.25) is 11.8 Å². The highest BCUT2D eigenvalue weighted by Crippen LogP contribution is 2.25. The highest BCUT2D eigenvalue weighted by Gasteiger charge is 2.35. The van der Waals surface area contributed by atoms with Gasteiger partial charge in [-0.2, -0.15) is 0 Å². The van der Waals surface area contributed by atoms with Gasteiger partial charge in [-0.25, -0.2) is 0 Å². The number of phenolic OH excluding ortho intramolecular Hbond substituents is 1. The van der Waals surface area contributed by atoms with Gasteiger partial charge in [0.1, 0.15) is 11.8 Å². The molecular weight excluding hydrogens is 346 g/mol. The second-order valence-electron chi connectivity index (χ2n) is 6.50. The van der Waals surface area contributed by atoms with Gasteiger partial charge in [-0.1, -0.05) is 24.3 Å². The number of rotatable bonds is 5. The third-order valence-electron chi connectivity index (χ3n) is 4.55. The molecule has 0 aliphatic carbocycles. The summed E-state index contributed by atoms with van der Waals surface area (Å²) in [5.41, 5.74) is 6.69. The lowest BCUT2D eigenvalue weighted by molar-refractivity contribution is -0.120. The molecule has 1 atom stereocenters. The van der Waals surface area contributed by atoms with E-state index in [4.69, 9.17) is 5.73 Å². The molecule has 7 nitrogen and oxygen atoms in total. The topological polar surface area (TPSA) is 113 Å². The van der Waals surface area contributed by atoms with Gasteiger partial charge in [-0.3, -0.25) is 14.4 Å². The first kappa shape index (κ1) is 18.4. The van der Waals surface area contributed by atoms with Crippen LogP contribution in [0, 0.1) is 0 Å². The first-order chi connectivity index (χ1) is 13.0. The molecular formula is C20H21N3O4. The zero-order valence-electron chi connectivity index (χ0n) is 14.7. The number of para-hydroxylation sites is 1. The van der Waals surface area contributed by atoms with Crippen LogP contribution >= 0.6 is 0 Å². The van der Waals surface area contributed by atoms with Crippen molar-refractivity contribution in [2.75, 3.05) is 11.9 Å². The lowest BCUT2D eigenvalue weighted by atomic mass is 10.1. The molecule has 1 saturated heterocycles. The molecule has 3 rings (SSSR count). The molecule has 7 heteroatoms. The van der Waals surface area contributed by atoms with E-state index in [9.17, 15) is 19.5 Å². The number of likely N-dealkylation sites (tertiary alicyclic amines) is 1. The Morgan fingerprint density at radius 2 is 1.81 bits per heavy atom. The van der Waals surface area contributed by atoms with Crippen molar-refractivity contribution in [3.05, 3.63) is 59.7 Å². The van der Waals surface area contributed by atoms with Crippen LogP contribution in [0.3, 0.4) is 0 Å². The molecule has 1 heterocycles. The molecule has 1 aliphatic heterocycles. The van der Waals surface area contributed by atoms with E-state index in [0.29, 0.717) is 18.7 Å². The van der Waals surface area contributed by atoms with Crippen LogP contribution in [0.5, 0.6) is 5.75 Å². The van der Waals surface area contributed by atoms with E-state index in [2.05, 4.69) is 5.32 Å². The maximum Gasteiger partial charge on any atom is 0.258 e. The number of phenols is 1. The van der Waals surface area contributed by atoms with E-state index in [0.717, 1.165) is 12.0 Å². The summed E-state index contributed by atoms with van der Waals surface area (Å²) in [6, 6.07) is 12.5. The average Bonchev–Trinajstić information content (AvgIpc) is 3.13. The van der Waals surface area contributed by atoms with Gasteiger partial charge in [0, 0.05) is 12.2 Å². The second kappa shape index (κ2) is 7.90. The van der Waals surface area contributed by atoms with Crippen LogP contribution in [-0.4, -0.2) is 40.3 Å². The Morgan fingerprint density at radius 3 is 2.48 bits per heavy atom. The number of anilines is 1. The molecule has 0 saturated carbocycles. The van der Waals surface area contributed by atoms with Gasteiger partial charge in [0.25, 0.3) is 5.91 Å². The minimum Gasteiger partial charge on any atom is -0.507 e. The number of nitrogens with two attached hydrogens (primary N) is 1. The summed E-state index contributed by atoms with van der Waals surface area (Å²) < 4.78 is 0. The second-order valence-corrected chi connectivity index (χ2v) is 6.50. The quantitative estimate of drug-likeness (QED) is 0.746. The molecule has 0 aromatic heterocycles. The summed E-state index contributed by atoms with van der Waals surface area (Å²) in [6.45, 7) is 0.461. The molecule has 140 valence electrons. The van der Waals surface area contributed by atoms with Crippen LogP contribution in [0.2, 0.25) is 0 Å². The Morgan fingerprint density at radius 1 is 1.11 bits per heavy atom. The number of nitrogens with one attached hydrogen (secondary N) is 1. The summed E-state index contributed by atoms with van der Waals surface area (Å²) in [7, 11) is 0. The summed E-state index contributed by atoms with van der Waals surface area (Å²) in [4.78, 5) is 37.8. The van der Waals surface area contributed by atoms with Crippen LogP contribution in [0.4, 0.5) is 5.69 Å². The Kier molecular flexibility index (Phi) is 5.40. The van der Waals surface area contributed by atoms with Crippen molar-refractivity contribution in [2.24, 2.45) is 5.73 Å². The molecule has 1 aliphatic rings. The first-order valence-corrected chi connectivity index (χ1v) is 8.73. The number of hydrogen-bond donors (Lipinski definition) is 3. The van der Waals surface area contributed by atoms with Crippen LogP contribution in [0.1, 0.15) is 28.8 Å². The largest absolute Gasteiger partial charge is 0.507 e. The number of benzene rings is 2. The molecule has 0 spiro atoms. The van der Waals surface area contributed by atoms with Crippen molar-refractivity contribution in [2.45, 2.75) is 25.3 Å². The number of nitrogens with zero attached hydrogens (tertiary/aromatic N) is 1. The van der Waals surface area contributed by atoms with Gasteiger partial charge in [-0.15, -0.1) is 0 Å². The normalized spacial score (nSPS) is 16.1. The number of carbonyl (C=O) groups excluding carboxylic acids is 3. The van der Waals surface area contributed by atoms with Crippen LogP contribution in [0.15, 0.2) is 48.5 Å². The zero-order valence-corrected chi connectivity index (χ0v) is 14.7. The van der Waals surface area contributed by atoms with Gasteiger partial charge in [0.15, 0.2) is 0 Å². The molecule has 27 heavy (non-hydrogen) atoms. The molecule has 4 N–H and O–H groups in total. The van der Waals surface area contributed by atoms with Crippen molar-refractivity contribution < 1.29 is 19.5 Å². The summed E-state index contributed by atoms with van der Waals surface area (Å²) in [5.74, 6) is -1.16. The smallest absolute Gasteiger partial charge is 0.258 e. The third-order valence-corrected chi connectivity index (χ3v) is 4.55. The Balaban J connectivity index is 1.69. The van der Waals surface area contributed by atoms with Crippen molar-refractivity contribution in [3.63, 3.8) is 0 Å². The Bertz CT molecular complexity index is 864. The van der Waals surface area contributed by atoms with E-state index in [1.807, 2.05) is 0 Å². The van der Waals surface area contributed by atoms with Gasteiger partial charge in [-0.05, 0) is 42.7 Å². The molecule has 2 aromatic rings. The number of carbonyl (C=O) groups is 3. The van der Waals surface area contributed by atoms with Crippen LogP contribution < -0.4 is 11.1 Å². The van der Waals surface area contributed by atoms with Gasteiger partial charge >= 0.3 is 0 Å². The van der Waals surface area contributed by atoms with E-state index >= 15 is 0 Å². The number of amides is 3. The fourth-order valence-electron chi connectivity index (χ4n) is 3.22. The summed E-state index contributed by atoms with van der Waals surface area (Å²) in [5, 5.41) is 12.7. The maximum atomic E-state index is 12.7. The molecule has 0 radical (unpaired) electrons. The highest BCUT2D eigenvalue weighted by atomic mass is 16.3. The van der Waals surface area contributed by atoms with E-state index in [-0.39, 0.29) is 29.5 Å². The van der Waals surface area contributed by atoms with Crippen molar-refractivity contribution in [1.29, 1.82) is 0 Å². The zero-order chi connectivity index (χ0) is 19.4. The van der Waals surface area contributed by atoms with Crippen molar-refractivity contribution in [1.82, 2.24) is 4.90 Å². The Labute approximate surface area is 156 Å². The van der Waals surface area contributed by atoms with E-state index in [1.165, 1.54) is 11.0 Å². The number of primary amides is 1. The lowest BCUT2D eigenvalue weighted by Crippen LogP contribution is -2.43. The average molecular weight is 367 g/mol. The van der Waals surface area contributed by atoms with E-state index in [1.54, 1.807) is 42.5 Å². The minimum atomic E-state index is -0.595. The molecule has 2 aromatic carbocycles. The molecule has 3 amide bonds. The van der Waals surface area contributed by atoms with E-state index < -0.39 is 11.9 Å². The molecule has 0 unspecified atom stereocenters. The summed E-state index contributed by atoms with van der Waals surface area (Å²) >= 11 is 0. The highest BCUT2D eigenvalue weighted by molar-refractivity contribution is 6.02. The van der Waals surface area contributed by atoms with Gasteiger partial charge < -0.3 is 21.1 Å². The fraction of sp³-hybridized carbons (Fsp3) is 0.250. The monoisotopic (exact) mass is 367 g/mol. The predicted octanol–water partition coefficient (Wildman–Crippen LogP) is 1.66. The van der Waals surface area contributed by atoms with Crippen molar-refractivity contribution in [3.8, 4) is 5.75 Å². The molecule has 1 fully saturated rings. The van der Waals surface area contributed by atoms with Crippen molar-refractivity contribution >= 4 is 23.4 Å². The Hall–Kier alpha value is -3.35. The maximum absolute atomic E-state index is 12.7. The third kappa shape index (κ3) is 4.25. The fourth-order valence-corrected chi connectivity index (χ4v) is 3.22. The predicted molar refractivity (Wildman–Crippen MR) is 100 cm³/mol.